The zero-order chi connectivity index (χ0) is 17.6. The molecule has 0 saturated heterocycles. The standard InChI is InChI=1S/C22H23NOS/c1-16-15-21(17(2)25-16)22(24)23-14-13-20(18-9-5-3-6-10-18)19-11-7-4-8-12-19/h3-12,15,20H,13-14H2,1-2H3,(H,23,24). The molecule has 1 heterocycles. The van der Waals surface area contributed by atoms with Crippen molar-refractivity contribution in [3.05, 3.63) is 93.2 Å². The molecule has 2 aromatic carbocycles. The number of nitrogens with one attached hydrogen (secondary N) is 1. The molecule has 128 valence electrons. The molecule has 1 aromatic heterocycles. The van der Waals surface area contributed by atoms with Crippen LogP contribution in [0.3, 0.4) is 0 Å². The van der Waals surface area contributed by atoms with Crippen molar-refractivity contribution in [2.75, 3.05) is 6.54 Å². The number of carbonyl (C=O) groups excluding carboxylic acids is 1. The van der Waals surface area contributed by atoms with Gasteiger partial charge in [0, 0.05) is 22.2 Å². The van der Waals surface area contributed by atoms with Crippen molar-refractivity contribution in [1.82, 2.24) is 5.32 Å². The van der Waals surface area contributed by atoms with Gasteiger partial charge in [-0.15, -0.1) is 11.3 Å². The molecule has 0 aliphatic rings. The summed E-state index contributed by atoms with van der Waals surface area (Å²) in [5.74, 6) is 0.315. The van der Waals surface area contributed by atoms with E-state index in [4.69, 9.17) is 0 Å². The van der Waals surface area contributed by atoms with Gasteiger partial charge in [-0.05, 0) is 37.5 Å². The molecule has 1 N–H and O–H groups in total. The molecule has 0 unspecified atom stereocenters. The average Bonchev–Trinajstić information content (AvgIpc) is 2.98. The number of hydrogen-bond donors (Lipinski definition) is 1. The van der Waals surface area contributed by atoms with Gasteiger partial charge in [-0.1, -0.05) is 60.7 Å². The number of carbonyl (C=O) groups is 1. The molecule has 0 saturated carbocycles. The zero-order valence-corrected chi connectivity index (χ0v) is 15.5. The minimum absolute atomic E-state index is 0.0294. The Kier molecular flexibility index (Phi) is 5.67. The van der Waals surface area contributed by atoms with Crippen molar-refractivity contribution in [3.63, 3.8) is 0 Å². The first-order valence-electron chi connectivity index (χ1n) is 8.60. The Labute approximate surface area is 153 Å². The van der Waals surface area contributed by atoms with E-state index in [-0.39, 0.29) is 11.8 Å². The van der Waals surface area contributed by atoms with E-state index in [1.807, 2.05) is 32.0 Å². The largest absolute Gasteiger partial charge is 0.352 e. The van der Waals surface area contributed by atoms with Gasteiger partial charge in [0.2, 0.25) is 0 Å². The quantitative estimate of drug-likeness (QED) is 0.641. The summed E-state index contributed by atoms with van der Waals surface area (Å²) in [5, 5.41) is 3.09. The van der Waals surface area contributed by atoms with Crippen LogP contribution >= 0.6 is 11.3 Å². The summed E-state index contributed by atoms with van der Waals surface area (Å²) in [6.07, 6.45) is 0.877. The van der Waals surface area contributed by atoms with Crippen LogP contribution in [-0.2, 0) is 0 Å². The summed E-state index contributed by atoms with van der Waals surface area (Å²) >= 11 is 1.67. The smallest absolute Gasteiger partial charge is 0.252 e. The second-order valence-electron chi connectivity index (χ2n) is 6.25. The van der Waals surface area contributed by atoms with Crippen LogP contribution in [0, 0.1) is 13.8 Å². The maximum atomic E-state index is 12.4. The van der Waals surface area contributed by atoms with E-state index < -0.39 is 0 Å². The van der Waals surface area contributed by atoms with Crippen LogP contribution in [0.25, 0.3) is 0 Å². The molecule has 3 rings (SSSR count). The summed E-state index contributed by atoms with van der Waals surface area (Å²) in [4.78, 5) is 14.7. The van der Waals surface area contributed by atoms with Crippen LogP contribution in [-0.4, -0.2) is 12.5 Å². The Hall–Kier alpha value is -2.39. The molecule has 3 aromatic rings. The maximum Gasteiger partial charge on any atom is 0.252 e. The third-order valence-electron chi connectivity index (χ3n) is 4.41. The fourth-order valence-electron chi connectivity index (χ4n) is 3.18. The number of benzene rings is 2. The summed E-state index contributed by atoms with van der Waals surface area (Å²) in [7, 11) is 0. The van der Waals surface area contributed by atoms with Crippen LogP contribution in [0.2, 0.25) is 0 Å². The SMILES string of the molecule is Cc1cc(C(=O)NCCC(c2ccccc2)c2ccccc2)c(C)s1. The van der Waals surface area contributed by atoms with E-state index in [0.29, 0.717) is 6.54 Å². The number of aryl methyl sites for hydroxylation is 2. The highest BCUT2D eigenvalue weighted by Gasteiger charge is 2.16. The maximum absolute atomic E-state index is 12.4. The molecule has 0 atom stereocenters. The Morgan fingerprint density at radius 1 is 0.960 bits per heavy atom. The summed E-state index contributed by atoms with van der Waals surface area (Å²) < 4.78 is 0. The predicted octanol–water partition coefficient (Wildman–Crippen LogP) is 5.32. The lowest BCUT2D eigenvalue weighted by atomic mass is 9.88. The molecule has 0 aliphatic heterocycles. The van der Waals surface area contributed by atoms with E-state index >= 15 is 0 Å². The lowest BCUT2D eigenvalue weighted by Crippen LogP contribution is -2.26. The summed E-state index contributed by atoms with van der Waals surface area (Å²) in [5.41, 5.74) is 3.37. The van der Waals surface area contributed by atoms with Gasteiger partial charge < -0.3 is 5.32 Å². The van der Waals surface area contributed by atoms with E-state index in [0.717, 1.165) is 16.9 Å². The highest BCUT2D eigenvalue weighted by molar-refractivity contribution is 7.12. The summed E-state index contributed by atoms with van der Waals surface area (Å²) in [6, 6.07) is 23.0. The molecule has 0 spiro atoms. The summed E-state index contributed by atoms with van der Waals surface area (Å²) in [6.45, 7) is 4.69. The zero-order valence-electron chi connectivity index (χ0n) is 14.7. The molecule has 3 heteroatoms. The fourth-order valence-corrected chi connectivity index (χ4v) is 4.10. The van der Waals surface area contributed by atoms with Gasteiger partial charge in [0.1, 0.15) is 0 Å². The topological polar surface area (TPSA) is 29.1 Å². The molecule has 0 aliphatic carbocycles. The molecule has 0 radical (unpaired) electrons. The van der Waals surface area contributed by atoms with Crippen LogP contribution in [0.4, 0.5) is 0 Å². The molecular formula is C22H23NOS. The first kappa shape index (κ1) is 17.4. The van der Waals surface area contributed by atoms with Crippen molar-refractivity contribution in [1.29, 1.82) is 0 Å². The van der Waals surface area contributed by atoms with E-state index in [9.17, 15) is 4.79 Å². The highest BCUT2D eigenvalue weighted by Crippen LogP contribution is 2.27. The number of thiophene rings is 1. The second-order valence-corrected chi connectivity index (χ2v) is 7.71. The van der Waals surface area contributed by atoms with E-state index in [2.05, 4.69) is 53.8 Å². The lowest BCUT2D eigenvalue weighted by Gasteiger charge is -2.18. The highest BCUT2D eigenvalue weighted by atomic mass is 32.1. The van der Waals surface area contributed by atoms with Gasteiger partial charge in [0.05, 0.1) is 5.56 Å². The Balaban J connectivity index is 1.69. The molecule has 2 nitrogen and oxygen atoms in total. The van der Waals surface area contributed by atoms with Gasteiger partial charge in [-0.25, -0.2) is 0 Å². The predicted molar refractivity (Wildman–Crippen MR) is 105 cm³/mol. The van der Waals surface area contributed by atoms with Crippen LogP contribution < -0.4 is 5.32 Å². The first-order valence-corrected chi connectivity index (χ1v) is 9.42. The van der Waals surface area contributed by atoms with Crippen molar-refractivity contribution >= 4 is 17.2 Å². The van der Waals surface area contributed by atoms with E-state index in [1.54, 1.807) is 11.3 Å². The van der Waals surface area contributed by atoms with Crippen LogP contribution in [0.5, 0.6) is 0 Å². The first-order chi connectivity index (χ1) is 12.1. The van der Waals surface area contributed by atoms with Crippen LogP contribution in [0.15, 0.2) is 66.7 Å². The van der Waals surface area contributed by atoms with Crippen molar-refractivity contribution in [2.24, 2.45) is 0 Å². The minimum atomic E-state index is 0.0294. The molecule has 0 fully saturated rings. The molecule has 0 bridgehead atoms. The normalized spacial score (nSPS) is 10.8. The van der Waals surface area contributed by atoms with E-state index in [1.165, 1.54) is 16.0 Å². The fraction of sp³-hybridized carbons (Fsp3) is 0.227. The monoisotopic (exact) mass is 349 g/mol. The molecule has 25 heavy (non-hydrogen) atoms. The van der Waals surface area contributed by atoms with Gasteiger partial charge in [-0.3, -0.25) is 4.79 Å². The third-order valence-corrected chi connectivity index (χ3v) is 5.37. The molecular weight excluding hydrogens is 326 g/mol. The van der Waals surface area contributed by atoms with Gasteiger partial charge in [0.15, 0.2) is 0 Å². The average molecular weight is 349 g/mol. The second kappa shape index (κ2) is 8.13. The van der Waals surface area contributed by atoms with Crippen molar-refractivity contribution in [3.8, 4) is 0 Å². The number of rotatable bonds is 6. The van der Waals surface area contributed by atoms with Gasteiger partial charge >= 0.3 is 0 Å². The van der Waals surface area contributed by atoms with Gasteiger partial charge in [-0.2, -0.15) is 0 Å². The third kappa shape index (κ3) is 4.37. The van der Waals surface area contributed by atoms with Crippen molar-refractivity contribution < 1.29 is 4.79 Å². The Morgan fingerprint density at radius 3 is 2.00 bits per heavy atom. The lowest BCUT2D eigenvalue weighted by molar-refractivity contribution is 0.0952. The van der Waals surface area contributed by atoms with Gasteiger partial charge in [0.25, 0.3) is 5.91 Å². The Bertz CT molecular complexity index is 784. The molecule has 1 amide bonds. The number of amides is 1. The Morgan fingerprint density at radius 2 is 1.52 bits per heavy atom. The van der Waals surface area contributed by atoms with Crippen molar-refractivity contribution in [2.45, 2.75) is 26.2 Å². The number of hydrogen-bond acceptors (Lipinski definition) is 2. The minimum Gasteiger partial charge on any atom is -0.352 e. The van der Waals surface area contributed by atoms with Crippen LogP contribution in [0.1, 0.15) is 43.6 Å².